The van der Waals surface area contributed by atoms with Gasteiger partial charge in [-0.15, -0.1) is 11.3 Å². The molecule has 8 heteroatoms. The normalized spacial score (nSPS) is 16.8. The highest BCUT2D eigenvalue weighted by Gasteiger charge is 2.26. The zero-order valence-corrected chi connectivity index (χ0v) is 16.1. The molecule has 1 aliphatic rings. The van der Waals surface area contributed by atoms with Crippen LogP contribution < -0.4 is 11.1 Å². The second-order valence-corrected chi connectivity index (χ2v) is 7.97. The van der Waals surface area contributed by atoms with Crippen molar-refractivity contribution in [2.24, 2.45) is 5.92 Å². The van der Waals surface area contributed by atoms with Crippen LogP contribution in [0.2, 0.25) is 0 Å². The summed E-state index contributed by atoms with van der Waals surface area (Å²) in [6, 6.07) is 8.37. The van der Waals surface area contributed by atoms with Crippen LogP contribution in [0.25, 0.3) is 0 Å². The number of benzene rings is 1. The van der Waals surface area contributed by atoms with Gasteiger partial charge in [0, 0.05) is 23.1 Å². The Balaban J connectivity index is 1.71. The molecule has 1 aromatic heterocycles. The fourth-order valence-electron chi connectivity index (χ4n) is 3.37. The molecular formula is C19H24N4O3S. The summed E-state index contributed by atoms with van der Waals surface area (Å²) in [6.45, 7) is 4.75. The molecule has 2 aromatic rings. The SMILES string of the molecule is CC1CCN(C(CNC(=O)c2ccc(N)c([N+](=O)[O-])c2)c2cccs2)CC1. The van der Waals surface area contributed by atoms with Gasteiger partial charge in [-0.1, -0.05) is 13.0 Å². The van der Waals surface area contributed by atoms with E-state index in [9.17, 15) is 14.9 Å². The number of rotatable bonds is 6. The molecule has 1 unspecified atom stereocenters. The number of thiophene rings is 1. The summed E-state index contributed by atoms with van der Waals surface area (Å²) in [6.07, 6.45) is 2.31. The Bertz CT molecular complexity index is 801. The van der Waals surface area contributed by atoms with Crippen LogP contribution in [0.5, 0.6) is 0 Å². The number of likely N-dealkylation sites (tertiary alicyclic amines) is 1. The van der Waals surface area contributed by atoms with Crippen LogP contribution in [0.3, 0.4) is 0 Å². The third kappa shape index (κ3) is 4.64. The topological polar surface area (TPSA) is 102 Å². The van der Waals surface area contributed by atoms with Gasteiger partial charge in [0.25, 0.3) is 11.6 Å². The van der Waals surface area contributed by atoms with Crippen LogP contribution in [-0.4, -0.2) is 35.4 Å². The minimum Gasteiger partial charge on any atom is -0.393 e. The van der Waals surface area contributed by atoms with E-state index in [1.54, 1.807) is 11.3 Å². The fraction of sp³-hybridized carbons (Fsp3) is 0.421. The van der Waals surface area contributed by atoms with E-state index in [0.717, 1.165) is 31.8 Å². The van der Waals surface area contributed by atoms with E-state index < -0.39 is 4.92 Å². The number of hydrogen-bond acceptors (Lipinski definition) is 6. The summed E-state index contributed by atoms with van der Waals surface area (Å²) < 4.78 is 0. The smallest absolute Gasteiger partial charge is 0.292 e. The van der Waals surface area contributed by atoms with Gasteiger partial charge in [0.05, 0.1) is 11.0 Å². The van der Waals surface area contributed by atoms with E-state index in [0.29, 0.717) is 6.54 Å². The molecule has 3 N–H and O–H groups in total. The zero-order chi connectivity index (χ0) is 19.4. The average Bonchev–Trinajstić information content (AvgIpc) is 3.17. The molecule has 1 aliphatic heterocycles. The second kappa shape index (κ2) is 8.49. The van der Waals surface area contributed by atoms with E-state index >= 15 is 0 Å². The van der Waals surface area contributed by atoms with E-state index in [1.165, 1.54) is 23.1 Å². The van der Waals surface area contributed by atoms with Gasteiger partial charge in [0.1, 0.15) is 5.69 Å². The van der Waals surface area contributed by atoms with E-state index in [-0.39, 0.29) is 28.9 Å². The van der Waals surface area contributed by atoms with Crippen molar-refractivity contribution in [3.05, 3.63) is 56.3 Å². The molecular weight excluding hydrogens is 364 g/mol. The van der Waals surface area contributed by atoms with Crippen LogP contribution in [0.1, 0.15) is 41.0 Å². The number of nitro benzene ring substituents is 1. The first-order chi connectivity index (χ1) is 13.0. The quantitative estimate of drug-likeness (QED) is 0.448. The molecule has 144 valence electrons. The lowest BCUT2D eigenvalue weighted by Gasteiger charge is -2.36. The molecule has 1 amide bonds. The van der Waals surface area contributed by atoms with E-state index in [2.05, 4.69) is 23.2 Å². The minimum absolute atomic E-state index is 0.0513. The number of hydrogen-bond donors (Lipinski definition) is 2. The standard InChI is InChI=1S/C19H24N4O3S/c1-13-6-8-22(9-7-13)17(18-3-2-10-27-18)12-21-19(24)14-4-5-15(20)16(11-14)23(25)26/h2-5,10-11,13,17H,6-9,12,20H2,1H3,(H,21,24). The van der Waals surface area contributed by atoms with Gasteiger partial charge < -0.3 is 11.1 Å². The van der Waals surface area contributed by atoms with Gasteiger partial charge >= 0.3 is 0 Å². The van der Waals surface area contributed by atoms with Crippen molar-refractivity contribution in [3.63, 3.8) is 0 Å². The number of anilines is 1. The van der Waals surface area contributed by atoms with Crippen LogP contribution in [0.4, 0.5) is 11.4 Å². The van der Waals surface area contributed by atoms with Crippen molar-refractivity contribution in [1.82, 2.24) is 10.2 Å². The van der Waals surface area contributed by atoms with Crippen molar-refractivity contribution in [2.75, 3.05) is 25.4 Å². The molecule has 27 heavy (non-hydrogen) atoms. The predicted octanol–water partition coefficient (Wildman–Crippen LogP) is 3.44. The second-order valence-electron chi connectivity index (χ2n) is 6.99. The van der Waals surface area contributed by atoms with Crippen LogP contribution >= 0.6 is 11.3 Å². The lowest BCUT2D eigenvalue weighted by molar-refractivity contribution is -0.383. The number of amides is 1. The van der Waals surface area contributed by atoms with Crippen LogP contribution in [0.15, 0.2) is 35.7 Å². The van der Waals surface area contributed by atoms with Crippen molar-refractivity contribution in [2.45, 2.75) is 25.8 Å². The minimum atomic E-state index is -0.574. The number of carbonyl (C=O) groups is 1. The van der Waals surface area contributed by atoms with Gasteiger partial charge in [-0.25, -0.2) is 0 Å². The molecule has 0 saturated carbocycles. The van der Waals surface area contributed by atoms with Gasteiger partial charge in [0.2, 0.25) is 0 Å². The molecule has 0 spiro atoms. The maximum atomic E-state index is 12.6. The van der Waals surface area contributed by atoms with Gasteiger partial charge in [0.15, 0.2) is 0 Å². The molecule has 1 atom stereocenters. The largest absolute Gasteiger partial charge is 0.393 e. The summed E-state index contributed by atoms with van der Waals surface area (Å²) >= 11 is 1.68. The van der Waals surface area contributed by atoms with Gasteiger partial charge in [-0.3, -0.25) is 19.8 Å². The zero-order valence-electron chi connectivity index (χ0n) is 15.3. The third-order valence-electron chi connectivity index (χ3n) is 5.08. The number of nitro groups is 1. The molecule has 2 heterocycles. The highest BCUT2D eigenvalue weighted by molar-refractivity contribution is 7.10. The van der Waals surface area contributed by atoms with Crippen LogP contribution in [0, 0.1) is 16.0 Å². The first-order valence-electron chi connectivity index (χ1n) is 9.05. The lowest BCUT2D eigenvalue weighted by Crippen LogP contribution is -2.41. The molecule has 7 nitrogen and oxygen atoms in total. The first-order valence-corrected chi connectivity index (χ1v) is 9.93. The van der Waals surface area contributed by atoms with Gasteiger partial charge in [-0.05, 0) is 55.4 Å². The summed E-state index contributed by atoms with van der Waals surface area (Å²) in [5.74, 6) is 0.403. The summed E-state index contributed by atoms with van der Waals surface area (Å²) in [4.78, 5) is 26.6. The van der Waals surface area contributed by atoms with Crippen molar-refractivity contribution < 1.29 is 9.72 Å². The Morgan fingerprint density at radius 1 is 1.41 bits per heavy atom. The van der Waals surface area contributed by atoms with Crippen LogP contribution in [-0.2, 0) is 0 Å². The van der Waals surface area contributed by atoms with Crippen molar-refractivity contribution >= 4 is 28.6 Å². The Morgan fingerprint density at radius 2 is 2.15 bits per heavy atom. The van der Waals surface area contributed by atoms with Gasteiger partial charge in [-0.2, -0.15) is 0 Å². The molecule has 0 radical (unpaired) electrons. The number of nitrogen functional groups attached to an aromatic ring is 1. The molecule has 1 fully saturated rings. The number of piperidine rings is 1. The Hall–Kier alpha value is -2.45. The summed E-state index contributed by atoms with van der Waals surface area (Å²) in [5.41, 5.74) is 5.65. The molecule has 1 saturated heterocycles. The molecule has 0 bridgehead atoms. The highest BCUT2D eigenvalue weighted by atomic mass is 32.1. The Morgan fingerprint density at radius 3 is 2.78 bits per heavy atom. The van der Waals surface area contributed by atoms with Crippen molar-refractivity contribution in [3.8, 4) is 0 Å². The lowest BCUT2D eigenvalue weighted by atomic mass is 9.97. The number of carbonyl (C=O) groups excluding carboxylic acids is 1. The third-order valence-corrected chi connectivity index (χ3v) is 6.05. The maximum absolute atomic E-state index is 12.6. The fourth-order valence-corrected chi connectivity index (χ4v) is 4.23. The molecule has 0 aliphatic carbocycles. The first kappa shape index (κ1) is 19.3. The Labute approximate surface area is 162 Å². The number of nitrogens with one attached hydrogen (secondary N) is 1. The number of nitrogens with zero attached hydrogens (tertiary/aromatic N) is 2. The molecule has 3 rings (SSSR count). The Kier molecular flexibility index (Phi) is 6.08. The molecule has 1 aromatic carbocycles. The predicted molar refractivity (Wildman–Crippen MR) is 107 cm³/mol. The highest BCUT2D eigenvalue weighted by Crippen LogP contribution is 2.29. The monoisotopic (exact) mass is 388 g/mol. The maximum Gasteiger partial charge on any atom is 0.292 e. The number of nitrogens with two attached hydrogens (primary N) is 1. The average molecular weight is 388 g/mol. The summed E-state index contributed by atoms with van der Waals surface area (Å²) in [5, 5.41) is 16.0. The van der Waals surface area contributed by atoms with Crippen molar-refractivity contribution in [1.29, 1.82) is 0 Å². The van der Waals surface area contributed by atoms with E-state index in [1.807, 2.05) is 11.4 Å². The van der Waals surface area contributed by atoms with E-state index in [4.69, 9.17) is 5.73 Å². The summed E-state index contributed by atoms with van der Waals surface area (Å²) in [7, 11) is 0.